The SMILES string of the molecule is C=CC(=O)Nc1cc(Nc2nccc(-c3cn(C)c4ccccc34)n2)c(OC)cc1N(C)CCN(C)CCCSc1cccc2c1CN(C1CCC(=O)NC1=O)C2=O. The molecule has 1 fully saturated rings. The van der Waals surface area contributed by atoms with Crippen molar-refractivity contribution in [2.45, 2.75) is 36.7 Å². The second kappa shape index (κ2) is 17.5. The lowest BCUT2D eigenvalue weighted by Gasteiger charge is -2.29. The maximum atomic E-state index is 13.2. The average molecular weight is 802 g/mol. The Kier molecular flexibility index (Phi) is 12.1. The average Bonchev–Trinajstić information content (AvgIpc) is 3.75. The second-order valence-corrected chi connectivity index (χ2v) is 15.6. The summed E-state index contributed by atoms with van der Waals surface area (Å²) in [7, 11) is 7.66. The quantitative estimate of drug-likeness (QED) is 0.0479. The number of nitrogens with one attached hydrogen (secondary N) is 3. The molecule has 3 aromatic carbocycles. The normalized spacial score (nSPS) is 15.1. The minimum atomic E-state index is -0.633. The van der Waals surface area contributed by atoms with Gasteiger partial charge in [-0.1, -0.05) is 30.8 Å². The van der Waals surface area contributed by atoms with Crippen molar-refractivity contribution < 1.29 is 23.9 Å². The summed E-state index contributed by atoms with van der Waals surface area (Å²) in [5, 5.41) is 9.72. The van der Waals surface area contributed by atoms with Crippen LogP contribution in [0, 0.1) is 0 Å². The number of likely N-dealkylation sites (N-methyl/N-ethyl adjacent to an activating group) is 2. The molecule has 15 heteroatoms. The summed E-state index contributed by atoms with van der Waals surface area (Å²) in [4.78, 5) is 66.3. The fourth-order valence-electron chi connectivity index (χ4n) is 7.43. The highest BCUT2D eigenvalue weighted by atomic mass is 32.2. The molecule has 4 heterocycles. The van der Waals surface area contributed by atoms with E-state index in [9.17, 15) is 19.2 Å². The predicted octanol–water partition coefficient (Wildman–Crippen LogP) is 5.82. The lowest BCUT2D eigenvalue weighted by molar-refractivity contribution is -0.137. The number of piperidine rings is 1. The van der Waals surface area contributed by atoms with E-state index in [2.05, 4.69) is 67.3 Å². The number of carbonyl (C=O) groups excluding carboxylic acids is 4. The summed E-state index contributed by atoms with van der Waals surface area (Å²) in [5.74, 6) is 0.573. The highest BCUT2D eigenvalue weighted by Gasteiger charge is 2.39. The van der Waals surface area contributed by atoms with Gasteiger partial charge in [-0.3, -0.25) is 24.5 Å². The number of rotatable bonds is 16. The molecule has 3 N–H and O–H groups in total. The van der Waals surface area contributed by atoms with Gasteiger partial charge < -0.3 is 34.6 Å². The summed E-state index contributed by atoms with van der Waals surface area (Å²) < 4.78 is 7.91. The van der Waals surface area contributed by atoms with Crippen LogP contribution in [0.2, 0.25) is 0 Å². The molecule has 0 aliphatic carbocycles. The summed E-state index contributed by atoms with van der Waals surface area (Å²) in [6, 6.07) is 18.9. The van der Waals surface area contributed by atoms with Crippen LogP contribution in [0.25, 0.3) is 22.2 Å². The standard InChI is InChI=1S/C43H47N9O5S/c1-6-39(53)45-32-23-33(47-43-44-18-17-31(46-43)29-25-51(4)34-13-8-7-11-27(29)34)37(57-5)24-36(32)50(3)21-20-49(2)19-10-22-58-38-14-9-12-28-30(38)26-52(42(28)56)35-15-16-40(54)48-41(35)55/h6-9,11-14,17-18,23-25,35H,1,10,15-16,19-22,26H2,2-5H3,(H,45,53)(H,44,46,47)(H,48,54,55). The lowest BCUT2D eigenvalue weighted by Crippen LogP contribution is -2.52. The molecule has 0 spiro atoms. The molecule has 4 amide bonds. The second-order valence-electron chi connectivity index (χ2n) is 14.4. The van der Waals surface area contributed by atoms with Crippen LogP contribution < -0.4 is 25.6 Å². The van der Waals surface area contributed by atoms with Gasteiger partial charge in [0.25, 0.3) is 5.91 Å². The molecule has 1 atom stereocenters. The van der Waals surface area contributed by atoms with Crippen molar-refractivity contribution in [3.8, 4) is 17.0 Å². The zero-order valence-corrected chi connectivity index (χ0v) is 33.9. The largest absolute Gasteiger partial charge is 0.494 e. The number of anilines is 4. The molecule has 0 bridgehead atoms. The van der Waals surface area contributed by atoms with E-state index in [1.807, 2.05) is 62.6 Å². The zero-order valence-electron chi connectivity index (χ0n) is 33.1. The van der Waals surface area contributed by atoms with Gasteiger partial charge in [-0.15, -0.1) is 11.8 Å². The molecular formula is C43H47N9O5S. The molecule has 300 valence electrons. The molecule has 0 radical (unpaired) electrons. The number of nitrogens with zero attached hydrogens (tertiary/aromatic N) is 6. The van der Waals surface area contributed by atoms with Crippen molar-refractivity contribution in [3.05, 3.63) is 96.8 Å². The van der Waals surface area contributed by atoms with E-state index in [1.54, 1.807) is 30.0 Å². The molecular weight excluding hydrogens is 755 g/mol. The highest BCUT2D eigenvalue weighted by Crippen LogP contribution is 2.39. The van der Waals surface area contributed by atoms with E-state index in [0.717, 1.165) is 63.6 Å². The van der Waals surface area contributed by atoms with Crippen LogP contribution in [0.5, 0.6) is 5.75 Å². The van der Waals surface area contributed by atoms with E-state index < -0.39 is 11.9 Å². The van der Waals surface area contributed by atoms with Crippen LogP contribution in [-0.2, 0) is 28.0 Å². The van der Waals surface area contributed by atoms with E-state index in [0.29, 0.717) is 48.1 Å². The number of hydrogen-bond acceptors (Lipinski definition) is 11. The third-order valence-electron chi connectivity index (χ3n) is 10.5. The Bertz CT molecular complexity index is 2400. The van der Waals surface area contributed by atoms with Gasteiger partial charge in [0.15, 0.2) is 0 Å². The zero-order chi connectivity index (χ0) is 40.9. The monoisotopic (exact) mass is 801 g/mol. The van der Waals surface area contributed by atoms with Gasteiger partial charge in [-0.2, -0.15) is 0 Å². The maximum Gasteiger partial charge on any atom is 0.255 e. The van der Waals surface area contributed by atoms with Gasteiger partial charge >= 0.3 is 0 Å². The molecule has 1 unspecified atom stereocenters. The first-order valence-electron chi connectivity index (χ1n) is 19.1. The van der Waals surface area contributed by atoms with Crippen molar-refractivity contribution in [1.29, 1.82) is 0 Å². The molecule has 0 saturated carbocycles. The van der Waals surface area contributed by atoms with Gasteiger partial charge in [-0.25, -0.2) is 9.97 Å². The number of aromatic nitrogens is 3. The minimum Gasteiger partial charge on any atom is -0.494 e. The van der Waals surface area contributed by atoms with Crippen LogP contribution in [0.3, 0.4) is 0 Å². The Labute approximate surface area is 341 Å². The van der Waals surface area contributed by atoms with E-state index in [1.165, 1.54) is 6.08 Å². The Balaban J connectivity index is 0.971. The van der Waals surface area contributed by atoms with Gasteiger partial charge in [0.05, 0.1) is 29.9 Å². The first-order chi connectivity index (χ1) is 28.0. The van der Waals surface area contributed by atoms with Crippen molar-refractivity contribution in [1.82, 2.24) is 29.7 Å². The van der Waals surface area contributed by atoms with Gasteiger partial charge in [0.2, 0.25) is 23.7 Å². The number of fused-ring (bicyclic) bond motifs is 2. The molecule has 58 heavy (non-hydrogen) atoms. The fraction of sp³-hybridized carbons (Fsp3) is 0.302. The molecule has 2 aliphatic heterocycles. The number of carbonyl (C=O) groups is 4. The smallest absolute Gasteiger partial charge is 0.255 e. The van der Waals surface area contributed by atoms with Crippen molar-refractivity contribution in [2.24, 2.45) is 7.05 Å². The van der Waals surface area contributed by atoms with Crippen molar-refractivity contribution >= 4 is 69.3 Å². The van der Waals surface area contributed by atoms with Crippen LogP contribution in [0.1, 0.15) is 35.2 Å². The number of hydrogen-bond donors (Lipinski definition) is 3. The number of aryl methyl sites for hydroxylation is 1. The number of amides is 4. The number of thioether (sulfide) groups is 1. The van der Waals surface area contributed by atoms with Gasteiger partial charge in [-0.05, 0) is 74.2 Å². The van der Waals surface area contributed by atoms with E-state index in [-0.39, 0.29) is 24.1 Å². The molecule has 2 aliphatic rings. The number of methoxy groups -OCH3 is 1. The number of para-hydroxylation sites is 1. The summed E-state index contributed by atoms with van der Waals surface area (Å²) in [6.45, 7) is 6.27. The molecule has 5 aromatic rings. The van der Waals surface area contributed by atoms with Gasteiger partial charge in [0, 0.05) is 85.5 Å². The van der Waals surface area contributed by atoms with E-state index >= 15 is 0 Å². The third-order valence-corrected chi connectivity index (χ3v) is 11.7. The molecule has 7 rings (SSSR count). The van der Waals surface area contributed by atoms with Crippen LogP contribution >= 0.6 is 11.8 Å². The predicted molar refractivity (Wildman–Crippen MR) is 228 cm³/mol. The Morgan fingerprint density at radius 3 is 2.67 bits per heavy atom. The van der Waals surface area contributed by atoms with Crippen LogP contribution in [0.4, 0.5) is 23.0 Å². The summed E-state index contributed by atoms with van der Waals surface area (Å²) >= 11 is 1.71. The number of ether oxygens (including phenoxy) is 1. The minimum absolute atomic E-state index is 0.164. The maximum absolute atomic E-state index is 13.2. The molecule has 1 saturated heterocycles. The van der Waals surface area contributed by atoms with Crippen LogP contribution in [-0.4, -0.2) is 101 Å². The van der Waals surface area contributed by atoms with Crippen molar-refractivity contribution in [3.63, 3.8) is 0 Å². The lowest BCUT2D eigenvalue weighted by atomic mass is 10.0. The summed E-state index contributed by atoms with van der Waals surface area (Å²) in [6.07, 6.45) is 6.49. The Morgan fingerprint density at radius 1 is 1.05 bits per heavy atom. The molecule has 2 aromatic heterocycles. The molecule has 14 nitrogen and oxygen atoms in total. The third kappa shape index (κ3) is 8.55. The number of imide groups is 1. The first-order valence-corrected chi connectivity index (χ1v) is 20.1. The van der Waals surface area contributed by atoms with E-state index in [4.69, 9.17) is 9.72 Å². The highest BCUT2D eigenvalue weighted by molar-refractivity contribution is 7.99. The van der Waals surface area contributed by atoms with Crippen LogP contribution in [0.15, 0.2) is 90.6 Å². The fourth-order valence-corrected chi connectivity index (χ4v) is 8.45. The Morgan fingerprint density at radius 2 is 1.88 bits per heavy atom. The van der Waals surface area contributed by atoms with Crippen molar-refractivity contribution in [2.75, 3.05) is 62.1 Å². The summed E-state index contributed by atoms with van der Waals surface area (Å²) in [5.41, 5.74) is 6.36. The van der Waals surface area contributed by atoms with Gasteiger partial charge in [0.1, 0.15) is 11.8 Å². The number of benzene rings is 3. The topological polar surface area (TPSA) is 154 Å². The Hall–Kier alpha value is -6.19. The first kappa shape index (κ1) is 40.0.